The third-order valence-electron chi connectivity index (χ3n) is 3.46. The number of aromatic nitrogens is 2. The molecule has 6 nitrogen and oxygen atoms in total. The molecule has 0 radical (unpaired) electrons. The van der Waals surface area contributed by atoms with Crippen molar-refractivity contribution in [2.45, 2.75) is 38.1 Å². The van der Waals surface area contributed by atoms with Gasteiger partial charge in [0.1, 0.15) is 17.9 Å². The lowest BCUT2D eigenvalue weighted by Gasteiger charge is -2.28. The summed E-state index contributed by atoms with van der Waals surface area (Å²) in [6.45, 7) is 0. The number of anilines is 1. The minimum Gasteiger partial charge on any atom is -0.480 e. The second-order valence-electron chi connectivity index (χ2n) is 4.76. The lowest BCUT2D eigenvalue weighted by molar-refractivity contribution is -0.139. The Kier molecular flexibility index (Phi) is 4.29. The fraction of sp³-hybridized carbons (Fsp3) is 0.538. The van der Waals surface area contributed by atoms with Crippen molar-refractivity contribution >= 4 is 11.8 Å². The Morgan fingerprint density at radius 3 is 2.63 bits per heavy atom. The number of rotatable bonds is 4. The van der Waals surface area contributed by atoms with Crippen LogP contribution >= 0.6 is 0 Å². The fourth-order valence-electron chi connectivity index (χ4n) is 2.47. The van der Waals surface area contributed by atoms with Crippen LogP contribution in [0.2, 0.25) is 0 Å². The van der Waals surface area contributed by atoms with Crippen LogP contribution in [0.3, 0.4) is 0 Å². The highest BCUT2D eigenvalue weighted by Gasteiger charge is 2.29. The standard InChI is InChI=1S/C13H16N4O2/c14-6-10-7-16-11(8-15-10)17-12(13(18)19)9-4-2-1-3-5-9/h7-9,12H,1-5H2,(H,16,17)(H,18,19). The largest absolute Gasteiger partial charge is 0.480 e. The molecule has 0 aliphatic heterocycles. The van der Waals surface area contributed by atoms with Gasteiger partial charge in [-0.05, 0) is 18.8 Å². The summed E-state index contributed by atoms with van der Waals surface area (Å²) in [5.41, 5.74) is 0.218. The molecule has 1 atom stereocenters. The van der Waals surface area contributed by atoms with Crippen LogP contribution in [0.5, 0.6) is 0 Å². The number of carboxylic acids is 1. The lowest BCUT2D eigenvalue weighted by atomic mass is 9.84. The zero-order valence-corrected chi connectivity index (χ0v) is 10.5. The first-order valence-electron chi connectivity index (χ1n) is 6.42. The van der Waals surface area contributed by atoms with Gasteiger partial charge in [-0.2, -0.15) is 5.26 Å². The van der Waals surface area contributed by atoms with E-state index in [0.717, 1.165) is 25.7 Å². The smallest absolute Gasteiger partial charge is 0.326 e. The van der Waals surface area contributed by atoms with Gasteiger partial charge < -0.3 is 10.4 Å². The van der Waals surface area contributed by atoms with Crippen molar-refractivity contribution in [3.63, 3.8) is 0 Å². The van der Waals surface area contributed by atoms with E-state index in [1.54, 1.807) is 0 Å². The first-order chi connectivity index (χ1) is 9.20. The molecule has 0 amide bonds. The molecule has 1 aliphatic rings. The molecule has 1 aliphatic carbocycles. The lowest BCUT2D eigenvalue weighted by Crippen LogP contribution is -2.38. The van der Waals surface area contributed by atoms with Crippen molar-refractivity contribution in [3.8, 4) is 6.07 Å². The zero-order chi connectivity index (χ0) is 13.7. The average Bonchev–Trinajstić information content (AvgIpc) is 2.46. The highest BCUT2D eigenvalue weighted by molar-refractivity contribution is 5.77. The maximum absolute atomic E-state index is 11.4. The topological polar surface area (TPSA) is 98.9 Å². The van der Waals surface area contributed by atoms with Gasteiger partial charge in [-0.1, -0.05) is 19.3 Å². The Bertz CT molecular complexity index is 474. The molecular formula is C13H16N4O2. The number of nitriles is 1. The van der Waals surface area contributed by atoms with E-state index >= 15 is 0 Å². The molecule has 19 heavy (non-hydrogen) atoms. The number of aliphatic carboxylic acids is 1. The molecule has 0 aromatic carbocycles. The molecule has 1 heterocycles. The van der Waals surface area contributed by atoms with E-state index in [-0.39, 0.29) is 11.6 Å². The van der Waals surface area contributed by atoms with Crippen LogP contribution in [0.15, 0.2) is 12.4 Å². The van der Waals surface area contributed by atoms with E-state index in [4.69, 9.17) is 5.26 Å². The van der Waals surface area contributed by atoms with E-state index in [1.165, 1.54) is 18.8 Å². The molecule has 1 aromatic rings. The van der Waals surface area contributed by atoms with Gasteiger partial charge in [0.25, 0.3) is 0 Å². The maximum atomic E-state index is 11.4. The number of carboxylic acid groups (broad SMARTS) is 1. The summed E-state index contributed by atoms with van der Waals surface area (Å²) in [4.78, 5) is 19.2. The van der Waals surface area contributed by atoms with Gasteiger partial charge in [-0.3, -0.25) is 0 Å². The second kappa shape index (κ2) is 6.14. The van der Waals surface area contributed by atoms with E-state index < -0.39 is 12.0 Å². The third kappa shape index (κ3) is 3.41. The monoisotopic (exact) mass is 260 g/mol. The van der Waals surface area contributed by atoms with E-state index in [0.29, 0.717) is 5.82 Å². The van der Waals surface area contributed by atoms with Crippen LogP contribution in [-0.4, -0.2) is 27.1 Å². The van der Waals surface area contributed by atoms with Crippen molar-refractivity contribution in [2.75, 3.05) is 5.32 Å². The first kappa shape index (κ1) is 13.3. The normalized spacial score (nSPS) is 17.4. The molecular weight excluding hydrogens is 244 g/mol. The van der Waals surface area contributed by atoms with Crippen molar-refractivity contribution in [1.82, 2.24) is 9.97 Å². The predicted molar refractivity (Wildman–Crippen MR) is 68.4 cm³/mol. The zero-order valence-electron chi connectivity index (χ0n) is 10.5. The number of nitrogens with one attached hydrogen (secondary N) is 1. The summed E-state index contributed by atoms with van der Waals surface area (Å²) < 4.78 is 0. The van der Waals surface area contributed by atoms with Crippen LogP contribution in [0.4, 0.5) is 5.82 Å². The fourth-order valence-corrected chi connectivity index (χ4v) is 2.47. The summed E-state index contributed by atoms with van der Waals surface area (Å²) in [5, 5.41) is 20.9. The highest BCUT2D eigenvalue weighted by atomic mass is 16.4. The van der Waals surface area contributed by atoms with Crippen LogP contribution < -0.4 is 5.32 Å². The molecule has 6 heteroatoms. The van der Waals surface area contributed by atoms with Gasteiger partial charge in [0.15, 0.2) is 5.69 Å². The Morgan fingerprint density at radius 2 is 2.11 bits per heavy atom. The van der Waals surface area contributed by atoms with Crippen molar-refractivity contribution in [1.29, 1.82) is 5.26 Å². The van der Waals surface area contributed by atoms with Crippen LogP contribution in [0, 0.1) is 17.2 Å². The molecule has 0 bridgehead atoms. The molecule has 0 spiro atoms. The highest BCUT2D eigenvalue weighted by Crippen LogP contribution is 2.28. The van der Waals surface area contributed by atoms with Crippen LogP contribution in [0.1, 0.15) is 37.8 Å². The van der Waals surface area contributed by atoms with Gasteiger partial charge in [0, 0.05) is 0 Å². The summed E-state index contributed by atoms with van der Waals surface area (Å²) in [6, 6.07) is 1.24. The minimum absolute atomic E-state index is 0.128. The van der Waals surface area contributed by atoms with Crippen molar-refractivity contribution in [2.24, 2.45) is 5.92 Å². The molecule has 1 aromatic heterocycles. The summed E-state index contributed by atoms with van der Waals surface area (Å²) in [7, 11) is 0. The van der Waals surface area contributed by atoms with Crippen molar-refractivity contribution < 1.29 is 9.90 Å². The second-order valence-corrected chi connectivity index (χ2v) is 4.76. The van der Waals surface area contributed by atoms with Crippen LogP contribution in [0.25, 0.3) is 0 Å². The van der Waals surface area contributed by atoms with Gasteiger partial charge in [0.2, 0.25) is 0 Å². The Labute approximate surface area is 111 Å². The molecule has 2 N–H and O–H groups in total. The van der Waals surface area contributed by atoms with Crippen molar-refractivity contribution in [3.05, 3.63) is 18.1 Å². The number of nitrogens with zero attached hydrogens (tertiary/aromatic N) is 3. The Balaban J connectivity index is 2.07. The predicted octanol–water partition coefficient (Wildman–Crippen LogP) is 1.79. The number of carbonyl (C=O) groups is 1. The quantitative estimate of drug-likeness (QED) is 0.856. The van der Waals surface area contributed by atoms with Gasteiger partial charge >= 0.3 is 5.97 Å². The van der Waals surface area contributed by atoms with E-state index in [9.17, 15) is 9.90 Å². The molecule has 1 fully saturated rings. The average molecular weight is 260 g/mol. The SMILES string of the molecule is N#Cc1cnc(NC(C(=O)O)C2CCCCC2)cn1. The van der Waals surface area contributed by atoms with E-state index in [1.807, 2.05) is 6.07 Å². The Hall–Kier alpha value is -2.16. The van der Waals surface area contributed by atoms with Gasteiger partial charge in [-0.15, -0.1) is 0 Å². The number of hydrogen-bond donors (Lipinski definition) is 2. The summed E-state index contributed by atoms with van der Waals surface area (Å²) in [6.07, 6.45) is 7.92. The third-order valence-corrected chi connectivity index (χ3v) is 3.46. The van der Waals surface area contributed by atoms with Gasteiger partial charge in [0.05, 0.1) is 12.4 Å². The maximum Gasteiger partial charge on any atom is 0.326 e. The molecule has 2 rings (SSSR count). The summed E-state index contributed by atoms with van der Waals surface area (Å²) >= 11 is 0. The molecule has 0 saturated heterocycles. The molecule has 1 saturated carbocycles. The minimum atomic E-state index is -0.863. The first-order valence-corrected chi connectivity index (χ1v) is 6.42. The van der Waals surface area contributed by atoms with E-state index in [2.05, 4.69) is 15.3 Å². The summed E-state index contributed by atoms with van der Waals surface area (Å²) in [5.74, 6) is -0.335. The molecule has 1 unspecified atom stereocenters. The van der Waals surface area contributed by atoms with Gasteiger partial charge in [-0.25, -0.2) is 14.8 Å². The van der Waals surface area contributed by atoms with Crippen LogP contribution in [-0.2, 0) is 4.79 Å². The molecule has 100 valence electrons. The number of hydrogen-bond acceptors (Lipinski definition) is 5. The Morgan fingerprint density at radius 1 is 1.37 bits per heavy atom.